The van der Waals surface area contributed by atoms with Gasteiger partial charge in [0.2, 0.25) is 11.8 Å². The van der Waals surface area contributed by atoms with E-state index in [0.717, 1.165) is 55.5 Å². The number of carbonyl (C=O) groups excluding carboxylic acids is 3. The van der Waals surface area contributed by atoms with Crippen molar-refractivity contribution in [2.45, 2.75) is 94.5 Å². The lowest BCUT2D eigenvalue weighted by atomic mass is 9.82. The fraction of sp³-hybridized carbons (Fsp3) is 0.487. The van der Waals surface area contributed by atoms with Crippen molar-refractivity contribution in [1.82, 2.24) is 14.8 Å². The van der Waals surface area contributed by atoms with E-state index in [1.807, 2.05) is 17.0 Å². The van der Waals surface area contributed by atoms with Gasteiger partial charge in [0.15, 0.2) is 0 Å². The molecule has 3 amide bonds. The van der Waals surface area contributed by atoms with Crippen LogP contribution < -0.4 is 10.6 Å². The van der Waals surface area contributed by atoms with Crippen LogP contribution in [0.25, 0.3) is 17.0 Å². The largest absolute Gasteiger partial charge is 0.478 e. The molecule has 2 heterocycles. The van der Waals surface area contributed by atoms with Gasteiger partial charge < -0.3 is 29.9 Å². The number of nitrogens with zero attached hydrogens (tertiary/aromatic N) is 2. The average Bonchev–Trinajstić information content (AvgIpc) is 3.77. The van der Waals surface area contributed by atoms with Crippen molar-refractivity contribution in [3.8, 4) is 0 Å². The van der Waals surface area contributed by atoms with E-state index in [-0.39, 0.29) is 24.3 Å². The summed E-state index contributed by atoms with van der Waals surface area (Å²) in [4.78, 5) is 54.3. The molecule has 2 aromatic carbocycles. The second kappa shape index (κ2) is 14.2. The number of carboxylic acid groups (broad SMARTS) is 1. The molecule has 49 heavy (non-hydrogen) atoms. The number of hydrogen-bond acceptors (Lipinski definition) is 5. The van der Waals surface area contributed by atoms with Gasteiger partial charge in [0, 0.05) is 47.0 Å². The first-order valence-corrected chi connectivity index (χ1v) is 18.0. The van der Waals surface area contributed by atoms with Crippen LogP contribution in [-0.2, 0) is 25.7 Å². The number of rotatable bonds is 10. The van der Waals surface area contributed by atoms with Gasteiger partial charge in [-0.25, -0.2) is 4.79 Å². The van der Waals surface area contributed by atoms with Crippen LogP contribution in [0.3, 0.4) is 0 Å². The summed E-state index contributed by atoms with van der Waals surface area (Å²) < 4.78 is 7.73. The van der Waals surface area contributed by atoms with Gasteiger partial charge in [-0.1, -0.05) is 50.3 Å². The Hall–Kier alpha value is -4.44. The molecular formula is C39H46N4O6. The molecule has 0 atom stereocenters. The van der Waals surface area contributed by atoms with Crippen LogP contribution in [-0.4, -0.2) is 70.1 Å². The average molecular weight is 667 g/mol. The van der Waals surface area contributed by atoms with Crippen molar-refractivity contribution in [2.24, 2.45) is 0 Å². The number of aliphatic carboxylic acids is 1. The first kappa shape index (κ1) is 33.1. The summed E-state index contributed by atoms with van der Waals surface area (Å²) in [6.45, 7) is 2.54. The Morgan fingerprint density at radius 1 is 0.878 bits per heavy atom. The number of carbonyl (C=O) groups is 4. The number of benzene rings is 2. The van der Waals surface area contributed by atoms with Crippen LogP contribution in [0.1, 0.15) is 110 Å². The van der Waals surface area contributed by atoms with Crippen LogP contribution in [0.2, 0.25) is 0 Å². The van der Waals surface area contributed by atoms with E-state index in [0.29, 0.717) is 67.8 Å². The van der Waals surface area contributed by atoms with E-state index in [2.05, 4.69) is 21.3 Å². The molecule has 1 aromatic heterocycles. The molecule has 1 aliphatic heterocycles. The van der Waals surface area contributed by atoms with Gasteiger partial charge >= 0.3 is 5.97 Å². The fourth-order valence-corrected chi connectivity index (χ4v) is 8.15. The van der Waals surface area contributed by atoms with E-state index in [1.54, 1.807) is 24.3 Å². The molecule has 3 saturated carbocycles. The number of aromatic nitrogens is 1. The predicted molar refractivity (Wildman–Crippen MR) is 188 cm³/mol. The Bertz CT molecular complexity index is 1750. The minimum absolute atomic E-state index is 0.0830. The normalized spacial score (nSPS) is 19.7. The molecule has 4 fully saturated rings. The molecule has 0 spiro atoms. The number of ether oxygens (including phenoxy) is 1. The molecule has 258 valence electrons. The second-order valence-electron chi connectivity index (χ2n) is 14.2. The summed E-state index contributed by atoms with van der Waals surface area (Å²) in [6.07, 6.45) is 13.5. The molecule has 1 saturated heterocycles. The zero-order valence-electron chi connectivity index (χ0n) is 28.0. The van der Waals surface area contributed by atoms with Gasteiger partial charge in [0.25, 0.3) is 5.91 Å². The fourth-order valence-electron chi connectivity index (χ4n) is 8.15. The van der Waals surface area contributed by atoms with Gasteiger partial charge in [-0.3, -0.25) is 14.4 Å². The summed E-state index contributed by atoms with van der Waals surface area (Å²) in [7, 11) is 0. The molecule has 3 aliphatic carbocycles. The summed E-state index contributed by atoms with van der Waals surface area (Å²) in [5, 5.41) is 16.2. The van der Waals surface area contributed by atoms with Crippen molar-refractivity contribution >= 4 is 46.4 Å². The highest BCUT2D eigenvalue weighted by Gasteiger charge is 2.43. The Labute approximate surface area is 286 Å². The Kier molecular flexibility index (Phi) is 9.58. The van der Waals surface area contributed by atoms with Crippen molar-refractivity contribution in [2.75, 3.05) is 31.6 Å². The quantitative estimate of drug-likeness (QED) is 0.221. The molecule has 10 nitrogen and oxygen atoms in total. The third kappa shape index (κ3) is 7.15. The van der Waals surface area contributed by atoms with Crippen LogP contribution in [0, 0.1) is 0 Å². The van der Waals surface area contributed by atoms with Gasteiger partial charge in [0.05, 0.1) is 13.2 Å². The minimum atomic E-state index is -1.05. The van der Waals surface area contributed by atoms with Crippen molar-refractivity contribution in [3.05, 3.63) is 70.9 Å². The Balaban J connectivity index is 1.18. The van der Waals surface area contributed by atoms with E-state index in [9.17, 15) is 19.2 Å². The lowest BCUT2D eigenvalue weighted by Gasteiger charge is -2.29. The smallest absolute Gasteiger partial charge is 0.328 e. The molecule has 0 bridgehead atoms. The molecule has 10 heteroatoms. The lowest BCUT2D eigenvalue weighted by molar-refractivity contribution is -0.136. The van der Waals surface area contributed by atoms with Crippen LogP contribution in [0.5, 0.6) is 0 Å². The topological polar surface area (TPSA) is 130 Å². The maximum atomic E-state index is 14.1. The van der Waals surface area contributed by atoms with E-state index in [1.165, 1.54) is 36.6 Å². The zero-order chi connectivity index (χ0) is 34.0. The molecule has 7 rings (SSSR count). The summed E-state index contributed by atoms with van der Waals surface area (Å²) in [6, 6.07) is 12.8. The number of nitrogens with one attached hydrogen (secondary N) is 2. The van der Waals surface area contributed by atoms with Crippen LogP contribution in [0.4, 0.5) is 5.69 Å². The minimum Gasteiger partial charge on any atom is -0.478 e. The van der Waals surface area contributed by atoms with Crippen molar-refractivity contribution < 1.29 is 29.0 Å². The second-order valence-corrected chi connectivity index (χ2v) is 14.2. The monoisotopic (exact) mass is 666 g/mol. The summed E-state index contributed by atoms with van der Waals surface area (Å²) in [5.74, 6) is -0.612. The summed E-state index contributed by atoms with van der Waals surface area (Å²) >= 11 is 0. The SMILES string of the molecule is O=C(O)/C=C/c1ccc(NC(=O)C2(NC(=O)c3ccc4c(C5CCCCC5)c(C5CC5)n(CC(=O)N5CCOCC5)c4c3)CCCC2)cc1. The number of morpholine rings is 1. The first-order valence-electron chi connectivity index (χ1n) is 18.0. The first-order chi connectivity index (χ1) is 23.8. The predicted octanol–water partition coefficient (Wildman–Crippen LogP) is 6.20. The maximum Gasteiger partial charge on any atom is 0.328 e. The van der Waals surface area contributed by atoms with Gasteiger partial charge in [-0.05, 0) is 91.8 Å². The number of fused-ring (bicyclic) bond motifs is 1. The molecule has 4 aliphatic rings. The number of amides is 3. The third-order valence-corrected chi connectivity index (χ3v) is 10.9. The Morgan fingerprint density at radius 3 is 2.27 bits per heavy atom. The summed E-state index contributed by atoms with van der Waals surface area (Å²) in [5.41, 5.74) is 4.31. The molecule has 0 unspecified atom stereocenters. The van der Waals surface area contributed by atoms with Crippen molar-refractivity contribution in [3.63, 3.8) is 0 Å². The standard InChI is InChI=1S/C39H46N4O6/c44-33(42-20-22-49-23-21-42)25-43-32-24-29(13-16-31(32)35(36(43)28-11-12-28)27-6-2-1-3-7-27)37(47)41-39(18-4-5-19-39)38(48)40-30-14-8-26(9-15-30)10-17-34(45)46/h8-10,13-17,24,27-28H,1-7,11-12,18-23,25H2,(H,40,48)(H,41,47)(H,45,46)/b17-10+. The van der Waals surface area contributed by atoms with E-state index in [4.69, 9.17) is 9.84 Å². The highest BCUT2D eigenvalue weighted by Crippen LogP contribution is 2.50. The number of carboxylic acids is 1. The van der Waals surface area contributed by atoms with E-state index < -0.39 is 11.5 Å². The number of hydrogen-bond donors (Lipinski definition) is 3. The molecule has 3 aromatic rings. The highest BCUT2D eigenvalue weighted by atomic mass is 16.5. The molecule has 0 radical (unpaired) electrons. The Morgan fingerprint density at radius 2 is 1.59 bits per heavy atom. The van der Waals surface area contributed by atoms with Crippen LogP contribution in [0.15, 0.2) is 48.5 Å². The molecular weight excluding hydrogens is 620 g/mol. The lowest BCUT2D eigenvalue weighted by Crippen LogP contribution is -2.55. The third-order valence-electron chi connectivity index (χ3n) is 10.9. The van der Waals surface area contributed by atoms with E-state index >= 15 is 0 Å². The van der Waals surface area contributed by atoms with Gasteiger partial charge in [-0.15, -0.1) is 0 Å². The van der Waals surface area contributed by atoms with Gasteiger partial charge in [-0.2, -0.15) is 0 Å². The van der Waals surface area contributed by atoms with Crippen LogP contribution >= 0.6 is 0 Å². The zero-order valence-corrected chi connectivity index (χ0v) is 28.0. The molecule has 3 N–H and O–H groups in total. The van der Waals surface area contributed by atoms with Crippen molar-refractivity contribution in [1.29, 1.82) is 0 Å². The number of anilines is 1. The highest BCUT2D eigenvalue weighted by molar-refractivity contribution is 6.05. The maximum absolute atomic E-state index is 14.1. The van der Waals surface area contributed by atoms with Gasteiger partial charge in [0.1, 0.15) is 12.1 Å².